The van der Waals surface area contributed by atoms with E-state index in [0.29, 0.717) is 5.69 Å². The lowest BCUT2D eigenvalue weighted by Crippen LogP contribution is -2.39. The number of likely N-dealkylation sites (tertiary alicyclic amines) is 1. The number of carbonyl (C=O) groups excluding carboxylic acids is 3. The molecule has 1 saturated heterocycles. The first-order chi connectivity index (χ1) is 13.5. The third-order valence-electron chi connectivity index (χ3n) is 5.95. The fourth-order valence-electron chi connectivity index (χ4n) is 4.68. The van der Waals surface area contributed by atoms with Gasteiger partial charge in [-0.05, 0) is 37.3 Å². The predicted octanol–water partition coefficient (Wildman–Crippen LogP) is 2.86. The standard InChI is InChI=1S/C21H19N3O3S/c1-11-22-16(10-28-11)12-4-6-15(7-5-12)23-17(25)9-24-20(26)18-13-2-3-14(8-13)19(18)21(24)27/h2-7,10,13-14,18-19H,8-9H2,1H3,(H,23,25)/t13-,14-,18-,19-/m0/s1. The van der Waals surface area contributed by atoms with Gasteiger partial charge in [0.25, 0.3) is 0 Å². The molecular weight excluding hydrogens is 374 g/mol. The number of fused-ring (bicyclic) bond motifs is 5. The number of rotatable bonds is 4. The Bertz CT molecular complexity index is 980. The number of thiazole rings is 1. The summed E-state index contributed by atoms with van der Waals surface area (Å²) >= 11 is 1.59. The van der Waals surface area contributed by atoms with Gasteiger partial charge in [-0.3, -0.25) is 19.3 Å². The van der Waals surface area contributed by atoms with Crippen LogP contribution in [0.2, 0.25) is 0 Å². The van der Waals surface area contributed by atoms with E-state index in [1.807, 2.05) is 36.6 Å². The number of aryl methyl sites for hydroxylation is 1. The number of nitrogens with zero attached hydrogens (tertiary/aromatic N) is 2. The number of carbonyl (C=O) groups is 3. The molecule has 7 heteroatoms. The molecule has 2 aromatic rings. The Morgan fingerprint density at radius 1 is 1.14 bits per heavy atom. The lowest BCUT2D eigenvalue weighted by Gasteiger charge is -2.16. The Kier molecular flexibility index (Phi) is 3.94. The first-order valence-corrected chi connectivity index (χ1v) is 10.2. The molecule has 2 heterocycles. The molecule has 0 spiro atoms. The topological polar surface area (TPSA) is 79.4 Å². The van der Waals surface area contributed by atoms with Crippen LogP contribution in [0.25, 0.3) is 11.3 Å². The van der Waals surface area contributed by atoms with Crippen molar-refractivity contribution in [3.8, 4) is 11.3 Å². The maximum absolute atomic E-state index is 12.7. The number of amides is 3. The van der Waals surface area contributed by atoms with Crippen molar-refractivity contribution >= 4 is 34.7 Å². The monoisotopic (exact) mass is 393 g/mol. The largest absolute Gasteiger partial charge is 0.325 e. The molecule has 2 aliphatic carbocycles. The third-order valence-corrected chi connectivity index (χ3v) is 6.72. The number of aromatic nitrogens is 1. The van der Waals surface area contributed by atoms with Gasteiger partial charge in [0.1, 0.15) is 6.54 Å². The second-order valence-electron chi connectivity index (χ2n) is 7.64. The first-order valence-electron chi connectivity index (χ1n) is 9.37. The number of imide groups is 1. The summed E-state index contributed by atoms with van der Waals surface area (Å²) in [6, 6.07) is 7.39. The van der Waals surface area contributed by atoms with Crippen LogP contribution in [0.15, 0.2) is 41.8 Å². The molecule has 2 bridgehead atoms. The average molecular weight is 393 g/mol. The maximum Gasteiger partial charge on any atom is 0.244 e. The van der Waals surface area contributed by atoms with Gasteiger partial charge < -0.3 is 5.32 Å². The van der Waals surface area contributed by atoms with E-state index >= 15 is 0 Å². The molecule has 1 aromatic carbocycles. The highest BCUT2D eigenvalue weighted by molar-refractivity contribution is 7.09. The lowest BCUT2D eigenvalue weighted by molar-refractivity contribution is -0.143. The summed E-state index contributed by atoms with van der Waals surface area (Å²) in [6.07, 6.45) is 4.98. The van der Waals surface area contributed by atoms with Gasteiger partial charge in [-0.15, -0.1) is 11.3 Å². The van der Waals surface area contributed by atoms with Crippen LogP contribution in [-0.4, -0.2) is 34.2 Å². The molecule has 6 nitrogen and oxygen atoms in total. The van der Waals surface area contributed by atoms with Crippen molar-refractivity contribution < 1.29 is 14.4 Å². The van der Waals surface area contributed by atoms with E-state index in [1.54, 1.807) is 23.5 Å². The van der Waals surface area contributed by atoms with E-state index < -0.39 is 0 Å². The Balaban J connectivity index is 1.24. The number of hydrogen-bond acceptors (Lipinski definition) is 5. The van der Waals surface area contributed by atoms with Gasteiger partial charge in [0.2, 0.25) is 17.7 Å². The number of hydrogen-bond donors (Lipinski definition) is 1. The van der Waals surface area contributed by atoms with Crippen LogP contribution in [0.1, 0.15) is 11.4 Å². The van der Waals surface area contributed by atoms with Gasteiger partial charge in [-0.1, -0.05) is 24.3 Å². The molecular formula is C21H19N3O3S. The number of allylic oxidation sites excluding steroid dienone is 2. The first kappa shape index (κ1) is 17.3. The number of benzene rings is 1. The maximum atomic E-state index is 12.7. The smallest absolute Gasteiger partial charge is 0.244 e. The van der Waals surface area contributed by atoms with E-state index in [-0.39, 0.29) is 47.9 Å². The molecule has 4 atom stereocenters. The fourth-order valence-corrected chi connectivity index (χ4v) is 5.31. The average Bonchev–Trinajstić information content (AvgIpc) is 3.44. The van der Waals surface area contributed by atoms with Crippen molar-refractivity contribution in [3.63, 3.8) is 0 Å². The van der Waals surface area contributed by atoms with Crippen molar-refractivity contribution in [2.75, 3.05) is 11.9 Å². The van der Waals surface area contributed by atoms with E-state index in [2.05, 4.69) is 10.3 Å². The molecule has 3 aliphatic rings. The Morgan fingerprint density at radius 2 is 1.79 bits per heavy atom. The van der Waals surface area contributed by atoms with Crippen LogP contribution in [-0.2, 0) is 14.4 Å². The van der Waals surface area contributed by atoms with Crippen molar-refractivity contribution in [2.45, 2.75) is 13.3 Å². The lowest BCUT2D eigenvalue weighted by atomic mass is 9.85. The normalized spacial score (nSPS) is 27.5. The molecule has 0 unspecified atom stereocenters. The minimum atomic E-state index is -0.362. The molecule has 2 fully saturated rings. The van der Waals surface area contributed by atoms with Crippen molar-refractivity contribution in [3.05, 3.63) is 46.8 Å². The van der Waals surface area contributed by atoms with E-state index in [1.165, 1.54) is 0 Å². The van der Waals surface area contributed by atoms with Gasteiger partial charge in [-0.25, -0.2) is 4.98 Å². The molecule has 1 aliphatic heterocycles. The SMILES string of the molecule is Cc1nc(-c2ccc(NC(=O)CN3C(=O)[C@@H]4[C@@H](C3=O)[C@H]3C=C[C@H]4C3)cc2)cs1. The van der Waals surface area contributed by atoms with Crippen LogP contribution < -0.4 is 5.32 Å². The summed E-state index contributed by atoms with van der Waals surface area (Å²) in [5.41, 5.74) is 2.51. The van der Waals surface area contributed by atoms with E-state index in [0.717, 1.165) is 27.6 Å². The van der Waals surface area contributed by atoms with Crippen LogP contribution >= 0.6 is 11.3 Å². The van der Waals surface area contributed by atoms with Crippen LogP contribution in [0.4, 0.5) is 5.69 Å². The number of anilines is 1. The second-order valence-corrected chi connectivity index (χ2v) is 8.70. The van der Waals surface area contributed by atoms with Gasteiger partial charge in [-0.2, -0.15) is 0 Å². The molecule has 28 heavy (non-hydrogen) atoms. The van der Waals surface area contributed by atoms with Crippen molar-refractivity contribution in [2.24, 2.45) is 23.7 Å². The van der Waals surface area contributed by atoms with Crippen molar-refractivity contribution in [1.82, 2.24) is 9.88 Å². The highest BCUT2D eigenvalue weighted by atomic mass is 32.1. The second kappa shape index (κ2) is 6.38. The summed E-state index contributed by atoms with van der Waals surface area (Å²) in [5.74, 6) is -0.984. The van der Waals surface area contributed by atoms with Gasteiger partial charge >= 0.3 is 0 Å². The quantitative estimate of drug-likeness (QED) is 0.640. The van der Waals surface area contributed by atoms with Crippen LogP contribution in [0.5, 0.6) is 0 Å². The fraction of sp³-hybridized carbons (Fsp3) is 0.333. The minimum absolute atomic E-state index is 0.154. The Hall–Kier alpha value is -2.80. The van der Waals surface area contributed by atoms with Crippen LogP contribution in [0.3, 0.4) is 0 Å². The van der Waals surface area contributed by atoms with Gasteiger partial charge in [0.15, 0.2) is 0 Å². The summed E-state index contributed by atoms with van der Waals surface area (Å²) in [7, 11) is 0. The highest BCUT2D eigenvalue weighted by Gasteiger charge is 2.59. The predicted molar refractivity (Wildman–Crippen MR) is 105 cm³/mol. The molecule has 0 radical (unpaired) electrons. The highest BCUT2D eigenvalue weighted by Crippen LogP contribution is 2.52. The molecule has 5 rings (SSSR count). The van der Waals surface area contributed by atoms with E-state index in [9.17, 15) is 14.4 Å². The molecule has 1 N–H and O–H groups in total. The summed E-state index contributed by atoms with van der Waals surface area (Å²) in [4.78, 5) is 43.3. The van der Waals surface area contributed by atoms with Crippen LogP contribution in [0, 0.1) is 30.6 Å². The van der Waals surface area contributed by atoms with Gasteiger partial charge in [0, 0.05) is 16.6 Å². The minimum Gasteiger partial charge on any atom is -0.325 e. The third kappa shape index (κ3) is 2.69. The molecule has 1 aromatic heterocycles. The Morgan fingerprint density at radius 3 is 2.36 bits per heavy atom. The van der Waals surface area contributed by atoms with Crippen molar-refractivity contribution in [1.29, 1.82) is 0 Å². The summed E-state index contributed by atoms with van der Waals surface area (Å²) in [6.45, 7) is 1.73. The zero-order valence-electron chi connectivity index (χ0n) is 15.3. The van der Waals surface area contributed by atoms with Gasteiger partial charge in [0.05, 0.1) is 22.5 Å². The molecule has 1 saturated carbocycles. The Labute approximate surface area is 166 Å². The summed E-state index contributed by atoms with van der Waals surface area (Å²) in [5, 5.41) is 5.77. The zero-order chi connectivity index (χ0) is 19.4. The zero-order valence-corrected chi connectivity index (χ0v) is 16.1. The van der Waals surface area contributed by atoms with E-state index in [4.69, 9.17) is 0 Å². The number of nitrogens with one attached hydrogen (secondary N) is 1. The molecule has 142 valence electrons. The summed E-state index contributed by atoms with van der Waals surface area (Å²) < 4.78 is 0. The molecule has 3 amide bonds.